The highest BCUT2D eigenvalue weighted by Crippen LogP contribution is 2.26. The third kappa shape index (κ3) is 4.32. The summed E-state index contributed by atoms with van der Waals surface area (Å²) in [7, 11) is -2.77. The van der Waals surface area contributed by atoms with Crippen molar-refractivity contribution in [1.82, 2.24) is 4.57 Å². The molecule has 0 atom stereocenters. The van der Waals surface area contributed by atoms with Crippen molar-refractivity contribution >= 4 is 38.5 Å². The van der Waals surface area contributed by atoms with Gasteiger partial charge in [0.2, 0.25) is 0 Å². The Morgan fingerprint density at radius 3 is 2.21 bits per heavy atom. The molecule has 0 saturated heterocycles. The molecule has 0 aliphatic rings. The Balaban J connectivity index is 1.79. The average Bonchev–Trinajstić information content (AvgIpc) is 3.27. The van der Waals surface area contributed by atoms with Gasteiger partial charge < -0.3 is 4.74 Å². The first-order valence-corrected chi connectivity index (χ1v) is 12.2. The zero-order valence-corrected chi connectivity index (χ0v) is 19.7. The molecular weight excluding hydrogens is 452 g/mol. The maximum absolute atomic E-state index is 13.6. The minimum Gasteiger partial charge on any atom is -0.465 e. The molecule has 174 valence electrons. The minimum atomic E-state index is -4.04. The number of carbonyl (C=O) groups is 2. The number of benzene rings is 3. The standard InChI is InChI=1S/C26H24N2O5S/c1-3-19-13-15-20(16-14-19)28(34(31,32)21-9-5-4-6-10-21)18-25(29)27-17-23(26(30)33-2)22-11-7-8-12-24(22)27/h4-17H,3,18H2,1-2H3. The van der Waals surface area contributed by atoms with Crippen LogP contribution in [0.15, 0.2) is 90.0 Å². The third-order valence-corrected chi connectivity index (χ3v) is 7.42. The molecule has 7 nitrogen and oxygen atoms in total. The third-order valence-electron chi connectivity index (χ3n) is 5.63. The van der Waals surface area contributed by atoms with Crippen LogP contribution in [0.2, 0.25) is 0 Å². The summed E-state index contributed by atoms with van der Waals surface area (Å²) in [6.07, 6.45) is 2.20. The van der Waals surface area contributed by atoms with Crippen LogP contribution in [0.4, 0.5) is 5.69 Å². The summed E-state index contributed by atoms with van der Waals surface area (Å²) >= 11 is 0. The van der Waals surface area contributed by atoms with Crippen molar-refractivity contribution in [3.8, 4) is 0 Å². The molecule has 4 aromatic rings. The molecule has 0 fully saturated rings. The number of rotatable bonds is 7. The Hall–Kier alpha value is -3.91. The second kappa shape index (κ2) is 9.52. The summed E-state index contributed by atoms with van der Waals surface area (Å²) < 4.78 is 34.4. The van der Waals surface area contributed by atoms with Crippen LogP contribution in [0, 0.1) is 0 Å². The molecule has 0 unspecified atom stereocenters. The molecule has 8 heteroatoms. The number of fused-ring (bicyclic) bond motifs is 1. The van der Waals surface area contributed by atoms with E-state index in [4.69, 9.17) is 4.74 Å². The average molecular weight is 477 g/mol. The number of nitrogens with zero attached hydrogens (tertiary/aromatic N) is 2. The second-order valence-electron chi connectivity index (χ2n) is 7.66. The first-order valence-electron chi connectivity index (χ1n) is 10.7. The van der Waals surface area contributed by atoms with Gasteiger partial charge >= 0.3 is 5.97 Å². The Labute approximate surface area is 198 Å². The summed E-state index contributed by atoms with van der Waals surface area (Å²) in [6.45, 7) is 1.55. The van der Waals surface area contributed by atoms with Crippen LogP contribution in [-0.2, 0) is 21.2 Å². The van der Waals surface area contributed by atoms with E-state index in [9.17, 15) is 18.0 Å². The first kappa shape index (κ1) is 23.3. The number of carbonyl (C=O) groups excluding carboxylic acids is 2. The van der Waals surface area contributed by atoms with Gasteiger partial charge in [-0.1, -0.05) is 55.5 Å². The molecule has 3 aromatic carbocycles. The largest absolute Gasteiger partial charge is 0.465 e. The number of para-hydroxylation sites is 1. The van der Waals surface area contributed by atoms with Gasteiger partial charge in [0.25, 0.3) is 15.9 Å². The van der Waals surface area contributed by atoms with Crippen molar-refractivity contribution in [2.24, 2.45) is 0 Å². The van der Waals surface area contributed by atoms with Crippen molar-refractivity contribution in [3.63, 3.8) is 0 Å². The SMILES string of the molecule is CCc1ccc(N(CC(=O)n2cc(C(=O)OC)c3ccccc32)S(=O)(=O)c2ccccc2)cc1. The van der Waals surface area contributed by atoms with E-state index in [-0.39, 0.29) is 10.5 Å². The maximum atomic E-state index is 13.6. The summed E-state index contributed by atoms with van der Waals surface area (Å²) in [6, 6.07) is 22.0. The van der Waals surface area contributed by atoms with Crippen LogP contribution < -0.4 is 4.31 Å². The van der Waals surface area contributed by atoms with E-state index in [1.165, 1.54) is 30.0 Å². The van der Waals surface area contributed by atoms with Gasteiger partial charge in [-0.2, -0.15) is 0 Å². The van der Waals surface area contributed by atoms with E-state index in [2.05, 4.69) is 0 Å². The lowest BCUT2D eigenvalue weighted by Gasteiger charge is -2.24. The van der Waals surface area contributed by atoms with Crippen LogP contribution >= 0.6 is 0 Å². The predicted molar refractivity (Wildman–Crippen MR) is 131 cm³/mol. The summed E-state index contributed by atoms with van der Waals surface area (Å²) in [5.41, 5.74) is 2.15. The number of methoxy groups -OCH3 is 1. The zero-order valence-electron chi connectivity index (χ0n) is 18.8. The van der Waals surface area contributed by atoms with Gasteiger partial charge in [-0.15, -0.1) is 0 Å². The van der Waals surface area contributed by atoms with Gasteiger partial charge in [0.1, 0.15) is 6.54 Å². The molecule has 0 saturated carbocycles. The number of aryl methyl sites for hydroxylation is 1. The molecule has 0 aliphatic carbocycles. The van der Waals surface area contributed by atoms with Gasteiger partial charge in [-0.3, -0.25) is 13.7 Å². The second-order valence-corrected chi connectivity index (χ2v) is 9.52. The van der Waals surface area contributed by atoms with Gasteiger partial charge in [0.05, 0.1) is 28.8 Å². The quantitative estimate of drug-likeness (QED) is 0.366. The highest BCUT2D eigenvalue weighted by molar-refractivity contribution is 7.92. The molecular formula is C26H24N2O5S. The highest BCUT2D eigenvalue weighted by atomic mass is 32.2. The van der Waals surface area contributed by atoms with E-state index in [1.54, 1.807) is 54.6 Å². The van der Waals surface area contributed by atoms with E-state index in [0.29, 0.717) is 16.6 Å². The smallest absolute Gasteiger partial charge is 0.340 e. The molecule has 4 rings (SSSR count). The van der Waals surface area contributed by atoms with Crippen molar-refractivity contribution in [3.05, 3.63) is 96.2 Å². The lowest BCUT2D eigenvalue weighted by atomic mass is 10.1. The number of sulfonamides is 1. The molecule has 0 N–H and O–H groups in total. The van der Waals surface area contributed by atoms with E-state index >= 15 is 0 Å². The van der Waals surface area contributed by atoms with Gasteiger partial charge in [0, 0.05) is 11.6 Å². The summed E-state index contributed by atoms with van der Waals surface area (Å²) in [5.74, 6) is -1.09. The zero-order chi connectivity index (χ0) is 24.3. The summed E-state index contributed by atoms with van der Waals surface area (Å²) in [4.78, 5) is 25.8. The molecule has 1 heterocycles. The lowest BCUT2D eigenvalue weighted by molar-refractivity contribution is 0.0603. The number of aromatic nitrogens is 1. The van der Waals surface area contributed by atoms with Crippen molar-refractivity contribution in [1.29, 1.82) is 0 Å². The molecule has 0 spiro atoms. The fourth-order valence-electron chi connectivity index (χ4n) is 3.79. The first-order chi connectivity index (χ1) is 16.4. The molecule has 0 bridgehead atoms. The molecule has 0 aliphatic heterocycles. The molecule has 0 radical (unpaired) electrons. The van der Waals surface area contributed by atoms with E-state index < -0.39 is 28.4 Å². The Morgan fingerprint density at radius 2 is 1.56 bits per heavy atom. The van der Waals surface area contributed by atoms with Crippen LogP contribution in [-0.4, -0.2) is 38.5 Å². The number of ether oxygens (including phenoxy) is 1. The Morgan fingerprint density at radius 1 is 0.912 bits per heavy atom. The maximum Gasteiger partial charge on any atom is 0.340 e. The van der Waals surface area contributed by atoms with Crippen molar-refractivity contribution < 1.29 is 22.7 Å². The number of anilines is 1. The van der Waals surface area contributed by atoms with Gasteiger partial charge in [0.15, 0.2) is 0 Å². The number of hydrogen-bond donors (Lipinski definition) is 0. The fourth-order valence-corrected chi connectivity index (χ4v) is 5.23. The lowest BCUT2D eigenvalue weighted by Crippen LogP contribution is -2.37. The van der Waals surface area contributed by atoms with Crippen LogP contribution in [0.25, 0.3) is 10.9 Å². The van der Waals surface area contributed by atoms with Crippen molar-refractivity contribution in [2.75, 3.05) is 18.0 Å². The van der Waals surface area contributed by atoms with Crippen molar-refractivity contribution in [2.45, 2.75) is 18.2 Å². The van der Waals surface area contributed by atoms with Gasteiger partial charge in [-0.05, 0) is 42.3 Å². The molecule has 34 heavy (non-hydrogen) atoms. The van der Waals surface area contributed by atoms with Crippen LogP contribution in [0.1, 0.15) is 27.6 Å². The Kier molecular flexibility index (Phi) is 6.51. The van der Waals surface area contributed by atoms with E-state index in [1.807, 2.05) is 19.1 Å². The van der Waals surface area contributed by atoms with E-state index in [0.717, 1.165) is 16.3 Å². The number of hydrogen-bond acceptors (Lipinski definition) is 5. The summed E-state index contributed by atoms with van der Waals surface area (Å²) in [5, 5.41) is 0.549. The van der Waals surface area contributed by atoms with Crippen LogP contribution in [0.3, 0.4) is 0 Å². The predicted octanol–water partition coefficient (Wildman–Crippen LogP) is 4.53. The fraction of sp³-hybridized carbons (Fsp3) is 0.154. The highest BCUT2D eigenvalue weighted by Gasteiger charge is 2.29. The molecule has 1 aromatic heterocycles. The Bertz CT molecular complexity index is 1440. The molecule has 0 amide bonds. The minimum absolute atomic E-state index is 0.0787. The topological polar surface area (TPSA) is 85.7 Å². The monoisotopic (exact) mass is 476 g/mol. The normalized spacial score (nSPS) is 11.4. The van der Waals surface area contributed by atoms with Crippen LogP contribution in [0.5, 0.6) is 0 Å². The number of esters is 1. The van der Waals surface area contributed by atoms with Gasteiger partial charge in [-0.25, -0.2) is 13.2 Å².